The lowest BCUT2D eigenvalue weighted by atomic mass is 10.1. The molecule has 6 heteroatoms. The third kappa shape index (κ3) is 2.93. The number of carbonyl (C=O) groups excluding carboxylic acids is 1. The van der Waals surface area contributed by atoms with E-state index in [9.17, 15) is 4.79 Å². The minimum absolute atomic E-state index is 0.262. The molecule has 1 amide bonds. The number of nitrogens with zero attached hydrogens (tertiary/aromatic N) is 2. The highest BCUT2D eigenvalue weighted by molar-refractivity contribution is 7.09. The van der Waals surface area contributed by atoms with Crippen LogP contribution in [-0.2, 0) is 6.54 Å². The van der Waals surface area contributed by atoms with Crippen molar-refractivity contribution in [3.8, 4) is 0 Å². The number of aromatic nitrogens is 2. The third-order valence-electron chi connectivity index (χ3n) is 4.60. The van der Waals surface area contributed by atoms with Crippen molar-refractivity contribution in [2.45, 2.75) is 27.3 Å². The van der Waals surface area contributed by atoms with E-state index in [4.69, 9.17) is 4.42 Å². The van der Waals surface area contributed by atoms with Crippen LogP contribution in [0.25, 0.3) is 11.0 Å². The fraction of sp³-hybridized carbons (Fsp3) is 0.200. The van der Waals surface area contributed by atoms with Gasteiger partial charge >= 0.3 is 0 Å². The molecule has 0 unspecified atom stereocenters. The van der Waals surface area contributed by atoms with E-state index >= 15 is 0 Å². The standard InChI is InChI=1S/C20H19N3O2S/c1-12-9-16-14(3)19(25-17(16)10-13(12)2)20(24)22-18-6-7-21-23(18)11-15-5-4-8-26-15/h4-10H,11H2,1-3H3,(H,22,24). The van der Waals surface area contributed by atoms with Crippen LogP contribution in [0.4, 0.5) is 5.82 Å². The van der Waals surface area contributed by atoms with Gasteiger partial charge in [0.05, 0.1) is 12.7 Å². The minimum atomic E-state index is -0.262. The van der Waals surface area contributed by atoms with Crippen molar-refractivity contribution >= 4 is 34.0 Å². The molecule has 0 atom stereocenters. The maximum atomic E-state index is 12.8. The number of furan rings is 1. The summed E-state index contributed by atoms with van der Waals surface area (Å²) < 4.78 is 7.63. The second-order valence-electron chi connectivity index (χ2n) is 6.40. The second kappa shape index (κ2) is 6.46. The number of rotatable bonds is 4. The average molecular weight is 365 g/mol. The Bertz CT molecular complexity index is 1090. The molecule has 0 fully saturated rings. The summed E-state index contributed by atoms with van der Waals surface area (Å²) in [6.07, 6.45) is 1.68. The largest absolute Gasteiger partial charge is 0.451 e. The van der Waals surface area contributed by atoms with Crippen molar-refractivity contribution in [1.82, 2.24) is 9.78 Å². The molecule has 26 heavy (non-hydrogen) atoms. The summed E-state index contributed by atoms with van der Waals surface area (Å²) in [5.41, 5.74) is 3.92. The second-order valence-corrected chi connectivity index (χ2v) is 7.43. The Hall–Kier alpha value is -2.86. The van der Waals surface area contributed by atoms with Gasteiger partial charge in [0.1, 0.15) is 11.4 Å². The Labute approximate surface area is 155 Å². The highest BCUT2D eigenvalue weighted by atomic mass is 32.1. The molecule has 0 bridgehead atoms. The molecule has 0 radical (unpaired) electrons. The minimum Gasteiger partial charge on any atom is -0.451 e. The van der Waals surface area contributed by atoms with Gasteiger partial charge in [-0.25, -0.2) is 4.68 Å². The molecule has 3 heterocycles. The van der Waals surface area contributed by atoms with Crippen LogP contribution in [0.5, 0.6) is 0 Å². The van der Waals surface area contributed by atoms with Gasteiger partial charge in [0.25, 0.3) is 5.91 Å². The van der Waals surface area contributed by atoms with Gasteiger partial charge in [-0.3, -0.25) is 4.79 Å². The highest BCUT2D eigenvalue weighted by Crippen LogP contribution is 2.28. The van der Waals surface area contributed by atoms with Crippen LogP contribution in [0.3, 0.4) is 0 Å². The summed E-state index contributed by atoms with van der Waals surface area (Å²) in [6, 6.07) is 9.89. The number of nitrogens with one attached hydrogen (secondary N) is 1. The topological polar surface area (TPSA) is 60.1 Å². The van der Waals surface area contributed by atoms with E-state index in [0.29, 0.717) is 18.1 Å². The first-order chi connectivity index (χ1) is 12.5. The number of thiophene rings is 1. The lowest BCUT2D eigenvalue weighted by Crippen LogP contribution is -2.16. The molecule has 3 aromatic heterocycles. The van der Waals surface area contributed by atoms with Gasteiger partial charge < -0.3 is 9.73 Å². The van der Waals surface area contributed by atoms with E-state index in [0.717, 1.165) is 22.1 Å². The smallest absolute Gasteiger partial charge is 0.292 e. The number of fused-ring (bicyclic) bond motifs is 1. The Morgan fingerprint density at radius 1 is 1.23 bits per heavy atom. The molecule has 132 valence electrons. The number of anilines is 1. The molecule has 0 aliphatic rings. The first-order valence-electron chi connectivity index (χ1n) is 8.39. The molecule has 5 nitrogen and oxygen atoms in total. The zero-order chi connectivity index (χ0) is 18.3. The summed E-state index contributed by atoms with van der Waals surface area (Å²) in [5.74, 6) is 0.728. The third-order valence-corrected chi connectivity index (χ3v) is 5.46. The summed E-state index contributed by atoms with van der Waals surface area (Å²) >= 11 is 1.66. The normalized spacial score (nSPS) is 11.2. The zero-order valence-electron chi connectivity index (χ0n) is 14.9. The lowest BCUT2D eigenvalue weighted by molar-refractivity contribution is 0.0997. The lowest BCUT2D eigenvalue weighted by Gasteiger charge is -2.07. The molecule has 0 spiro atoms. The average Bonchev–Trinajstić information content (AvgIpc) is 3.33. The van der Waals surface area contributed by atoms with Crippen molar-refractivity contribution in [2.24, 2.45) is 0 Å². The summed E-state index contributed by atoms with van der Waals surface area (Å²) in [6.45, 7) is 6.63. The van der Waals surface area contributed by atoms with Crippen molar-refractivity contribution in [1.29, 1.82) is 0 Å². The number of hydrogen-bond donors (Lipinski definition) is 1. The maximum absolute atomic E-state index is 12.8. The summed E-state index contributed by atoms with van der Waals surface area (Å²) in [7, 11) is 0. The first kappa shape index (κ1) is 16.6. The van der Waals surface area contributed by atoms with E-state index in [1.807, 2.05) is 37.4 Å². The molecule has 0 aliphatic carbocycles. The molecule has 4 rings (SSSR count). The van der Waals surface area contributed by atoms with Crippen molar-refractivity contribution in [3.63, 3.8) is 0 Å². The maximum Gasteiger partial charge on any atom is 0.292 e. The van der Waals surface area contributed by atoms with Crippen LogP contribution >= 0.6 is 11.3 Å². The molecule has 0 aliphatic heterocycles. The zero-order valence-corrected chi connectivity index (χ0v) is 15.7. The Balaban J connectivity index is 1.62. The number of carbonyl (C=O) groups is 1. The van der Waals surface area contributed by atoms with Gasteiger partial charge in [-0.05, 0) is 55.5 Å². The van der Waals surface area contributed by atoms with E-state index < -0.39 is 0 Å². The van der Waals surface area contributed by atoms with Crippen LogP contribution in [-0.4, -0.2) is 15.7 Å². The van der Waals surface area contributed by atoms with E-state index in [1.54, 1.807) is 28.3 Å². The van der Waals surface area contributed by atoms with Gasteiger partial charge in [-0.15, -0.1) is 11.3 Å². The van der Waals surface area contributed by atoms with Gasteiger partial charge in [0.2, 0.25) is 0 Å². The fourth-order valence-electron chi connectivity index (χ4n) is 2.98. The van der Waals surface area contributed by atoms with Crippen molar-refractivity contribution in [3.05, 3.63) is 69.2 Å². The Morgan fingerprint density at radius 2 is 2.04 bits per heavy atom. The highest BCUT2D eigenvalue weighted by Gasteiger charge is 2.19. The van der Waals surface area contributed by atoms with Gasteiger partial charge in [-0.2, -0.15) is 5.10 Å². The van der Waals surface area contributed by atoms with Crippen molar-refractivity contribution < 1.29 is 9.21 Å². The van der Waals surface area contributed by atoms with Crippen molar-refractivity contribution in [2.75, 3.05) is 5.32 Å². The first-order valence-corrected chi connectivity index (χ1v) is 9.27. The van der Waals surface area contributed by atoms with Gasteiger partial charge in [-0.1, -0.05) is 6.07 Å². The SMILES string of the molecule is Cc1cc2oc(C(=O)Nc3ccnn3Cc3cccs3)c(C)c2cc1C. The predicted octanol–water partition coefficient (Wildman–Crippen LogP) is 4.92. The molecular formula is C20H19N3O2S. The predicted molar refractivity (Wildman–Crippen MR) is 104 cm³/mol. The molecule has 0 saturated heterocycles. The Morgan fingerprint density at radius 3 is 2.81 bits per heavy atom. The molecule has 4 aromatic rings. The number of benzene rings is 1. The number of aryl methyl sites for hydroxylation is 3. The van der Waals surface area contributed by atoms with Crippen LogP contribution in [0.1, 0.15) is 32.1 Å². The van der Waals surface area contributed by atoms with Gasteiger partial charge in [0.15, 0.2) is 5.76 Å². The van der Waals surface area contributed by atoms with Crippen LogP contribution in [0.2, 0.25) is 0 Å². The van der Waals surface area contributed by atoms with E-state index in [1.165, 1.54) is 10.4 Å². The molecule has 1 aromatic carbocycles. The van der Waals surface area contributed by atoms with Crippen LogP contribution in [0, 0.1) is 20.8 Å². The quantitative estimate of drug-likeness (QED) is 0.558. The molecule has 0 saturated carbocycles. The molecule has 1 N–H and O–H groups in total. The van der Waals surface area contributed by atoms with Crippen LogP contribution in [0.15, 0.2) is 46.3 Å². The monoisotopic (exact) mass is 365 g/mol. The number of amides is 1. The van der Waals surface area contributed by atoms with E-state index in [2.05, 4.69) is 23.4 Å². The summed E-state index contributed by atoms with van der Waals surface area (Å²) in [5, 5.41) is 10.2. The molecular weight excluding hydrogens is 346 g/mol. The van der Waals surface area contributed by atoms with E-state index in [-0.39, 0.29) is 5.91 Å². The number of hydrogen-bond acceptors (Lipinski definition) is 4. The van der Waals surface area contributed by atoms with Gasteiger partial charge in [0, 0.05) is 21.9 Å². The fourth-order valence-corrected chi connectivity index (χ4v) is 3.67. The Kier molecular flexibility index (Phi) is 4.12. The summed E-state index contributed by atoms with van der Waals surface area (Å²) in [4.78, 5) is 14.0. The van der Waals surface area contributed by atoms with Crippen LogP contribution < -0.4 is 5.32 Å².